The van der Waals surface area contributed by atoms with Crippen LogP contribution in [0.4, 0.5) is 0 Å². The van der Waals surface area contributed by atoms with Gasteiger partial charge in [0.05, 0.1) is 24.5 Å². The first-order valence-electron chi connectivity index (χ1n) is 10.0. The van der Waals surface area contributed by atoms with E-state index in [9.17, 15) is 9.59 Å². The van der Waals surface area contributed by atoms with E-state index in [1.54, 1.807) is 22.6 Å². The van der Waals surface area contributed by atoms with Gasteiger partial charge in [0.1, 0.15) is 5.69 Å². The fraction of sp³-hybridized carbons (Fsp3) is 0.381. The van der Waals surface area contributed by atoms with Gasteiger partial charge < -0.3 is 10.2 Å². The number of nitrogens with one attached hydrogen (secondary N) is 1. The quantitative estimate of drug-likeness (QED) is 0.669. The molecule has 1 fully saturated rings. The molecule has 0 spiro atoms. The second-order valence-electron chi connectivity index (χ2n) is 7.58. The van der Waals surface area contributed by atoms with Crippen molar-refractivity contribution in [1.29, 1.82) is 0 Å². The van der Waals surface area contributed by atoms with Gasteiger partial charge in [-0.3, -0.25) is 14.3 Å². The summed E-state index contributed by atoms with van der Waals surface area (Å²) in [5.74, 6) is -0.295. The van der Waals surface area contributed by atoms with Crippen molar-refractivity contribution in [2.75, 3.05) is 6.54 Å². The van der Waals surface area contributed by atoms with Gasteiger partial charge in [-0.15, -0.1) is 5.10 Å². The average molecular weight is 407 g/mol. The molecule has 9 nitrogen and oxygen atoms in total. The zero-order valence-corrected chi connectivity index (χ0v) is 17.2. The molecule has 0 bridgehead atoms. The Labute approximate surface area is 174 Å². The average Bonchev–Trinajstić information content (AvgIpc) is 3.47. The highest BCUT2D eigenvalue weighted by Crippen LogP contribution is 2.21. The highest BCUT2D eigenvalue weighted by atomic mass is 16.2. The molecular weight excluding hydrogens is 382 g/mol. The summed E-state index contributed by atoms with van der Waals surface area (Å²) in [6.45, 7) is 3.51. The van der Waals surface area contributed by atoms with E-state index in [0.717, 1.165) is 24.1 Å². The molecule has 30 heavy (non-hydrogen) atoms. The van der Waals surface area contributed by atoms with Gasteiger partial charge in [-0.2, -0.15) is 5.10 Å². The van der Waals surface area contributed by atoms with Crippen molar-refractivity contribution in [3.05, 3.63) is 65.2 Å². The fourth-order valence-electron chi connectivity index (χ4n) is 3.83. The molecule has 9 heteroatoms. The summed E-state index contributed by atoms with van der Waals surface area (Å²) < 4.78 is 3.26. The van der Waals surface area contributed by atoms with Crippen molar-refractivity contribution in [1.82, 2.24) is 35.0 Å². The lowest BCUT2D eigenvalue weighted by Gasteiger charge is -2.24. The predicted molar refractivity (Wildman–Crippen MR) is 110 cm³/mol. The Morgan fingerprint density at radius 3 is 2.77 bits per heavy atom. The van der Waals surface area contributed by atoms with E-state index in [0.29, 0.717) is 25.3 Å². The molecule has 0 radical (unpaired) electrons. The molecule has 1 atom stereocenters. The van der Waals surface area contributed by atoms with E-state index < -0.39 is 0 Å². The van der Waals surface area contributed by atoms with Crippen molar-refractivity contribution < 1.29 is 9.59 Å². The van der Waals surface area contributed by atoms with Crippen LogP contribution in [0.2, 0.25) is 0 Å². The summed E-state index contributed by atoms with van der Waals surface area (Å²) in [7, 11) is 1.78. The van der Waals surface area contributed by atoms with E-state index in [4.69, 9.17) is 0 Å². The summed E-state index contributed by atoms with van der Waals surface area (Å²) >= 11 is 0. The SMILES string of the molecule is Cc1cc(C(=O)N2CCC[C@H]2Cn2cc(C(=O)NCc3ccccc3)nn2)n(C)n1. The van der Waals surface area contributed by atoms with Crippen LogP contribution in [-0.2, 0) is 20.1 Å². The summed E-state index contributed by atoms with van der Waals surface area (Å²) in [6.07, 6.45) is 3.46. The predicted octanol–water partition coefficient (Wildman–Crippen LogP) is 1.55. The zero-order chi connectivity index (χ0) is 21.1. The largest absolute Gasteiger partial charge is 0.347 e. The van der Waals surface area contributed by atoms with Crippen LogP contribution < -0.4 is 5.32 Å². The third-order valence-corrected chi connectivity index (χ3v) is 5.32. The molecule has 1 aromatic carbocycles. The van der Waals surface area contributed by atoms with E-state index >= 15 is 0 Å². The first kappa shape index (κ1) is 19.8. The molecule has 0 unspecified atom stereocenters. The van der Waals surface area contributed by atoms with Gasteiger partial charge in [-0.05, 0) is 31.4 Å². The molecule has 3 aromatic rings. The molecule has 1 aliphatic rings. The van der Waals surface area contributed by atoms with Crippen LogP contribution >= 0.6 is 0 Å². The number of aryl methyl sites for hydroxylation is 2. The second-order valence-corrected chi connectivity index (χ2v) is 7.58. The van der Waals surface area contributed by atoms with Crippen molar-refractivity contribution in [2.45, 2.75) is 38.9 Å². The van der Waals surface area contributed by atoms with Crippen LogP contribution in [0.15, 0.2) is 42.6 Å². The zero-order valence-electron chi connectivity index (χ0n) is 17.2. The first-order chi connectivity index (χ1) is 14.5. The number of benzene rings is 1. The van der Waals surface area contributed by atoms with Gasteiger partial charge in [0.15, 0.2) is 5.69 Å². The molecule has 1 N–H and O–H groups in total. The number of amides is 2. The van der Waals surface area contributed by atoms with Gasteiger partial charge >= 0.3 is 0 Å². The number of likely N-dealkylation sites (tertiary alicyclic amines) is 1. The van der Waals surface area contributed by atoms with Crippen LogP contribution in [0, 0.1) is 6.92 Å². The van der Waals surface area contributed by atoms with Crippen molar-refractivity contribution in [3.8, 4) is 0 Å². The third kappa shape index (κ3) is 4.24. The fourth-order valence-corrected chi connectivity index (χ4v) is 3.83. The van der Waals surface area contributed by atoms with Crippen LogP contribution in [0.3, 0.4) is 0 Å². The molecule has 3 heterocycles. The highest BCUT2D eigenvalue weighted by Gasteiger charge is 2.31. The Hall–Kier alpha value is -3.49. The molecule has 2 amide bonds. The summed E-state index contributed by atoms with van der Waals surface area (Å²) in [6, 6.07) is 11.5. The third-order valence-electron chi connectivity index (χ3n) is 5.32. The maximum Gasteiger partial charge on any atom is 0.273 e. The Balaban J connectivity index is 1.38. The number of nitrogens with zero attached hydrogens (tertiary/aromatic N) is 6. The van der Waals surface area contributed by atoms with Crippen LogP contribution in [0.25, 0.3) is 0 Å². The number of carbonyl (C=O) groups excluding carboxylic acids is 2. The summed E-state index contributed by atoms with van der Waals surface area (Å²) in [4.78, 5) is 27.2. The van der Waals surface area contributed by atoms with Crippen molar-refractivity contribution in [2.24, 2.45) is 7.05 Å². The standard InChI is InChI=1S/C21H25N7O2/c1-15-11-19(26(2)24-15)21(30)28-10-6-9-17(28)13-27-14-18(23-25-27)20(29)22-12-16-7-4-3-5-8-16/h3-5,7-8,11,14,17H,6,9-10,12-13H2,1-2H3,(H,22,29)/t17-/m0/s1. The first-order valence-corrected chi connectivity index (χ1v) is 10.0. The second kappa shape index (κ2) is 8.48. The van der Waals surface area contributed by atoms with Gasteiger partial charge in [-0.25, -0.2) is 4.68 Å². The number of carbonyl (C=O) groups is 2. The molecule has 0 saturated carbocycles. The van der Waals surface area contributed by atoms with Crippen LogP contribution in [-0.4, -0.2) is 54.1 Å². The smallest absolute Gasteiger partial charge is 0.273 e. The normalized spacial score (nSPS) is 16.1. The molecular formula is C21H25N7O2. The number of rotatable bonds is 6. The monoisotopic (exact) mass is 407 g/mol. The van der Waals surface area contributed by atoms with Gasteiger partial charge in [-0.1, -0.05) is 35.5 Å². The Kier molecular flexibility index (Phi) is 5.60. The lowest BCUT2D eigenvalue weighted by molar-refractivity contribution is 0.0709. The van der Waals surface area contributed by atoms with E-state index in [1.807, 2.05) is 48.2 Å². The Morgan fingerprint density at radius 1 is 1.23 bits per heavy atom. The summed E-state index contributed by atoms with van der Waals surface area (Å²) in [5.41, 5.74) is 2.69. The number of hydrogen-bond donors (Lipinski definition) is 1. The van der Waals surface area contributed by atoms with Crippen LogP contribution in [0.5, 0.6) is 0 Å². The van der Waals surface area contributed by atoms with Gasteiger partial charge in [0, 0.05) is 20.1 Å². The van der Waals surface area contributed by atoms with Crippen molar-refractivity contribution in [3.63, 3.8) is 0 Å². The Bertz CT molecular complexity index is 1040. The van der Waals surface area contributed by atoms with Gasteiger partial charge in [0.2, 0.25) is 0 Å². The van der Waals surface area contributed by atoms with E-state index in [-0.39, 0.29) is 23.6 Å². The van der Waals surface area contributed by atoms with Gasteiger partial charge in [0.25, 0.3) is 11.8 Å². The maximum absolute atomic E-state index is 13.0. The number of aromatic nitrogens is 5. The highest BCUT2D eigenvalue weighted by molar-refractivity contribution is 5.93. The minimum absolute atomic E-state index is 0.00892. The number of hydrogen-bond acceptors (Lipinski definition) is 5. The van der Waals surface area contributed by atoms with Crippen LogP contribution in [0.1, 0.15) is 45.1 Å². The topological polar surface area (TPSA) is 97.9 Å². The lowest BCUT2D eigenvalue weighted by Crippen LogP contribution is -2.39. The van der Waals surface area contributed by atoms with Crippen molar-refractivity contribution >= 4 is 11.8 Å². The molecule has 1 saturated heterocycles. The van der Waals surface area contributed by atoms with E-state index in [1.165, 1.54) is 0 Å². The lowest BCUT2D eigenvalue weighted by atomic mass is 10.2. The van der Waals surface area contributed by atoms with E-state index in [2.05, 4.69) is 20.7 Å². The molecule has 2 aromatic heterocycles. The molecule has 4 rings (SSSR count). The molecule has 1 aliphatic heterocycles. The Morgan fingerprint density at radius 2 is 2.03 bits per heavy atom. The minimum Gasteiger partial charge on any atom is -0.347 e. The molecule has 156 valence electrons. The molecule has 0 aliphatic carbocycles. The minimum atomic E-state index is -0.269. The maximum atomic E-state index is 13.0. The summed E-state index contributed by atoms with van der Waals surface area (Å²) in [5, 5.41) is 15.2.